The van der Waals surface area contributed by atoms with Crippen molar-refractivity contribution >= 4 is 5.97 Å². The van der Waals surface area contributed by atoms with Gasteiger partial charge in [-0.1, -0.05) is 0 Å². The average molecular weight is 101 g/mol. The van der Waals surface area contributed by atoms with Gasteiger partial charge in [-0.3, -0.25) is 4.79 Å². The first-order chi connectivity index (χ1) is 3.60. The van der Waals surface area contributed by atoms with Crippen LogP contribution in [-0.2, 0) is 9.53 Å². The topological polar surface area (TPSA) is 26.3 Å². The fourth-order valence-corrected chi connectivity index (χ4v) is 0.574. The number of hydrogen-bond acceptors (Lipinski definition) is 2. The highest BCUT2D eigenvalue weighted by Gasteiger charge is 2.17. The zero-order chi connectivity index (χ0) is 6.20. The molecule has 1 saturated heterocycles. The van der Waals surface area contributed by atoms with Crippen LogP contribution in [0, 0.1) is 0 Å². The maximum absolute atomic E-state index is 10.3. The van der Waals surface area contributed by atoms with E-state index in [9.17, 15) is 4.79 Å². The summed E-state index contributed by atoms with van der Waals surface area (Å²) in [5, 5.41) is 0. The van der Waals surface area contributed by atoms with Crippen LogP contribution in [-0.4, -0.2) is 12.0 Å². The van der Waals surface area contributed by atoms with Gasteiger partial charge in [-0.15, -0.1) is 0 Å². The molecule has 1 aliphatic heterocycles. The normalized spacial score (nSPS) is 43.0. The van der Waals surface area contributed by atoms with E-state index in [0.29, 0.717) is 12.8 Å². The highest BCUT2D eigenvalue weighted by atomic mass is 16.5. The first kappa shape index (κ1) is 3.47. The van der Waals surface area contributed by atoms with E-state index in [4.69, 9.17) is 1.37 Å². The molecule has 0 aromatic rings. The van der Waals surface area contributed by atoms with E-state index in [1.54, 1.807) is 6.92 Å². The van der Waals surface area contributed by atoms with E-state index in [-0.39, 0.29) is 5.97 Å². The minimum absolute atomic E-state index is 0.248. The van der Waals surface area contributed by atoms with Crippen LogP contribution in [0.2, 0.25) is 0 Å². The van der Waals surface area contributed by atoms with Gasteiger partial charge in [0, 0.05) is 6.42 Å². The van der Waals surface area contributed by atoms with Gasteiger partial charge < -0.3 is 4.74 Å². The minimum atomic E-state index is -0.933. The van der Waals surface area contributed by atoms with Gasteiger partial charge in [0.1, 0.15) is 0 Å². The summed E-state index contributed by atoms with van der Waals surface area (Å²) in [6.45, 7) is 1.60. The maximum atomic E-state index is 10.3. The molecule has 7 heavy (non-hydrogen) atoms. The Kier molecular flexibility index (Phi) is 0.755. The van der Waals surface area contributed by atoms with E-state index < -0.39 is 6.08 Å². The monoisotopic (exact) mass is 101 g/mol. The van der Waals surface area contributed by atoms with Crippen LogP contribution < -0.4 is 0 Å². The van der Waals surface area contributed by atoms with Gasteiger partial charge in [0.25, 0.3) is 0 Å². The predicted octanol–water partition coefficient (Wildman–Crippen LogP) is 0.712. The SMILES string of the molecule is [2H]C1(C)CCC(=O)O1. The molecule has 0 aliphatic carbocycles. The van der Waals surface area contributed by atoms with E-state index >= 15 is 0 Å². The predicted molar refractivity (Wildman–Crippen MR) is 24.8 cm³/mol. The summed E-state index contributed by atoms with van der Waals surface area (Å²) in [7, 11) is 0. The second-order valence-corrected chi connectivity index (χ2v) is 1.68. The van der Waals surface area contributed by atoms with Crippen LogP contribution in [0.25, 0.3) is 0 Å². The molecule has 0 aromatic carbocycles. The molecule has 1 aliphatic rings. The molecule has 1 atom stereocenters. The van der Waals surface area contributed by atoms with Crippen molar-refractivity contribution in [3.05, 3.63) is 0 Å². The Morgan fingerprint density at radius 3 is 3.00 bits per heavy atom. The summed E-state index contributed by atoms with van der Waals surface area (Å²) in [5.41, 5.74) is 0. The smallest absolute Gasteiger partial charge is 0.306 e. The van der Waals surface area contributed by atoms with Crippen LogP contribution in [0.5, 0.6) is 0 Å². The molecule has 1 heterocycles. The van der Waals surface area contributed by atoms with Crippen LogP contribution in [0.3, 0.4) is 0 Å². The van der Waals surface area contributed by atoms with Gasteiger partial charge in [-0.2, -0.15) is 0 Å². The van der Waals surface area contributed by atoms with Gasteiger partial charge in [0.15, 0.2) is 0 Å². The number of hydrogen-bond donors (Lipinski definition) is 0. The number of carbonyl (C=O) groups excluding carboxylic acids is 1. The van der Waals surface area contributed by atoms with Gasteiger partial charge in [0.2, 0.25) is 0 Å². The van der Waals surface area contributed by atoms with E-state index in [2.05, 4.69) is 4.74 Å². The molecule has 0 saturated carbocycles. The molecule has 1 unspecified atom stereocenters. The molecule has 0 amide bonds. The summed E-state index contributed by atoms with van der Waals surface area (Å²) in [4.78, 5) is 10.3. The quantitative estimate of drug-likeness (QED) is 0.420. The van der Waals surface area contributed by atoms with Crippen LogP contribution in [0.15, 0.2) is 0 Å². The summed E-state index contributed by atoms with van der Waals surface area (Å²) < 4.78 is 11.7. The fourth-order valence-electron chi connectivity index (χ4n) is 0.574. The van der Waals surface area contributed by atoms with Gasteiger partial charge >= 0.3 is 5.97 Å². The summed E-state index contributed by atoms with van der Waals surface area (Å²) >= 11 is 0. The molecule has 40 valence electrons. The Morgan fingerprint density at radius 2 is 2.86 bits per heavy atom. The van der Waals surface area contributed by atoms with Gasteiger partial charge in [-0.25, -0.2) is 0 Å². The average Bonchev–Trinajstić information content (AvgIpc) is 1.82. The Hall–Kier alpha value is -0.530. The van der Waals surface area contributed by atoms with Crippen molar-refractivity contribution in [2.75, 3.05) is 0 Å². The molecule has 0 aromatic heterocycles. The second-order valence-electron chi connectivity index (χ2n) is 1.68. The van der Waals surface area contributed by atoms with Crippen molar-refractivity contribution in [1.82, 2.24) is 0 Å². The third-order valence-electron chi connectivity index (χ3n) is 0.969. The van der Waals surface area contributed by atoms with E-state index in [0.717, 1.165) is 0 Å². The number of esters is 1. The Balaban J connectivity index is 2.56. The third-order valence-corrected chi connectivity index (χ3v) is 0.969. The third kappa shape index (κ3) is 0.918. The lowest BCUT2D eigenvalue weighted by Crippen LogP contribution is -1.98. The van der Waals surface area contributed by atoms with Crippen LogP contribution >= 0.6 is 0 Å². The Bertz CT molecular complexity index is 120. The standard InChI is InChI=1S/C5H8O2/c1-4-2-3-5(6)7-4/h4H,2-3H2,1H3/i4D. The minimum Gasteiger partial charge on any atom is -0.463 e. The largest absolute Gasteiger partial charge is 0.463 e. The second kappa shape index (κ2) is 1.52. The molecule has 2 nitrogen and oxygen atoms in total. The fraction of sp³-hybridized carbons (Fsp3) is 0.800. The summed E-state index contributed by atoms with van der Waals surface area (Å²) in [6, 6.07) is 0. The zero-order valence-corrected chi connectivity index (χ0v) is 4.23. The number of rotatable bonds is 0. The van der Waals surface area contributed by atoms with Gasteiger partial charge in [-0.05, 0) is 13.3 Å². The molecule has 1 fully saturated rings. The number of carbonyl (C=O) groups is 1. The lowest BCUT2D eigenvalue weighted by atomic mass is 10.3. The van der Waals surface area contributed by atoms with Crippen molar-refractivity contribution in [2.24, 2.45) is 0 Å². The van der Waals surface area contributed by atoms with Crippen LogP contribution in [0.4, 0.5) is 0 Å². The van der Waals surface area contributed by atoms with Crippen molar-refractivity contribution < 1.29 is 10.9 Å². The van der Waals surface area contributed by atoms with Crippen molar-refractivity contribution in [2.45, 2.75) is 25.8 Å². The molecule has 0 bridgehead atoms. The Morgan fingerprint density at radius 1 is 2.14 bits per heavy atom. The van der Waals surface area contributed by atoms with E-state index in [1.165, 1.54) is 0 Å². The summed E-state index contributed by atoms with van der Waals surface area (Å²) in [5.74, 6) is -0.248. The van der Waals surface area contributed by atoms with Crippen LogP contribution in [0.1, 0.15) is 21.1 Å². The zero-order valence-electron chi connectivity index (χ0n) is 5.23. The van der Waals surface area contributed by atoms with E-state index in [1.807, 2.05) is 0 Å². The highest BCUT2D eigenvalue weighted by Crippen LogP contribution is 2.11. The lowest BCUT2D eigenvalue weighted by Gasteiger charge is -1.95. The first-order valence-electron chi connectivity index (χ1n) is 2.82. The number of ether oxygens (including phenoxy) is 1. The van der Waals surface area contributed by atoms with Crippen molar-refractivity contribution in [3.8, 4) is 0 Å². The van der Waals surface area contributed by atoms with Gasteiger partial charge in [0.05, 0.1) is 7.45 Å². The van der Waals surface area contributed by atoms with Crippen molar-refractivity contribution in [3.63, 3.8) is 0 Å². The number of cyclic esters (lactones) is 1. The van der Waals surface area contributed by atoms with Crippen molar-refractivity contribution in [1.29, 1.82) is 0 Å². The molecular formula is C5H8O2. The molecule has 1 rings (SSSR count). The molecule has 2 heteroatoms. The molecule has 0 radical (unpaired) electrons. The first-order valence-corrected chi connectivity index (χ1v) is 2.32. The molecule has 0 spiro atoms. The lowest BCUT2D eigenvalue weighted by molar-refractivity contribution is -0.140. The highest BCUT2D eigenvalue weighted by molar-refractivity contribution is 5.71. The maximum Gasteiger partial charge on any atom is 0.306 e. The summed E-state index contributed by atoms with van der Waals surface area (Å²) in [6.07, 6.45) is 0.00289. The molecule has 0 N–H and O–H groups in total. The Labute approximate surface area is 43.9 Å². The molecular weight excluding hydrogens is 92.1 g/mol.